The van der Waals surface area contributed by atoms with Crippen LogP contribution in [0.2, 0.25) is 0 Å². The number of hydrogen-bond donors (Lipinski definition) is 23. The molecule has 142 heavy (non-hydrogen) atoms. The summed E-state index contributed by atoms with van der Waals surface area (Å²) in [5.41, 5.74) is 18.4. The summed E-state index contributed by atoms with van der Waals surface area (Å²) in [7, 11) is 0. The molecule has 2 aromatic rings. The summed E-state index contributed by atoms with van der Waals surface area (Å²) in [6.45, 7) is 2.44. The Morgan fingerprint density at radius 2 is 0.577 bits per heavy atom. The van der Waals surface area contributed by atoms with Crippen LogP contribution in [-0.2, 0) is 67.1 Å². The molecule has 0 bridgehead atoms. The second-order valence-electron chi connectivity index (χ2n) is 33.4. The number of aliphatic carboxylic acids is 12. The lowest BCUT2D eigenvalue weighted by molar-refractivity contribution is -0.142. The Morgan fingerprint density at radius 1 is 0.303 bits per heavy atom. The van der Waals surface area contributed by atoms with E-state index >= 15 is 0 Å². The van der Waals surface area contributed by atoms with Crippen LogP contribution in [0.5, 0.6) is 0 Å². The third kappa shape index (κ3) is 42.3. The molecule has 4 aliphatic rings. The molecule has 4 fully saturated rings. The Kier molecular flexibility index (Phi) is 48.9. The zero-order chi connectivity index (χ0) is 105. The molecule has 3 unspecified atom stereocenters. The molecule has 23 N–H and O–H groups in total. The molecule has 6 rings (SSSR count). The summed E-state index contributed by atoms with van der Waals surface area (Å²) < 4.78 is 0. The smallest absolute Gasteiger partial charge is 0.326 e. The lowest BCUT2D eigenvalue weighted by Gasteiger charge is -2.35. The van der Waals surface area contributed by atoms with Crippen molar-refractivity contribution in [3.8, 4) is 0 Å². The number of carboxylic acids is 12. The number of piperazine rings is 2. The first-order chi connectivity index (χ1) is 67.2. The third-order valence-electron chi connectivity index (χ3n) is 23.2. The number of benzene rings is 2. The van der Waals surface area contributed by atoms with Crippen LogP contribution in [0.15, 0.2) is 52.7 Å². The van der Waals surface area contributed by atoms with Crippen LogP contribution in [0.3, 0.4) is 0 Å². The van der Waals surface area contributed by atoms with Gasteiger partial charge in [-0.2, -0.15) is 0 Å². The molecule has 4 aliphatic heterocycles. The fourth-order valence-corrected chi connectivity index (χ4v) is 15.3. The molecule has 0 radical (unpaired) electrons. The van der Waals surface area contributed by atoms with E-state index in [0.29, 0.717) is 38.5 Å². The van der Waals surface area contributed by atoms with Gasteiger partial charge in [0, 0.05) is 174 Å². The molecule has 0 aromatic heterocycles. The molecule has 8 atom stereocenters. The molecule has 4 heterocycles. The van der Waals surface area contributed by atoms with Crippen molar-refractivity contribution in [2.75, 3.05) is 91.6 Å². The highest BCUT2D eigenvalue weighted by Crippen LogP contribution is 2.30. The zero-order valence-corrected chi connectivity index (χ0v) is 76.9. The average Bonchev–Trinajstić information content (AvgIpc) is 0.802. The van der Waals surface area contributed by atoms with Crippen LogP contribution >= 0.6 is 0 Å². The summed E-state index contributed by atoms with van der Waals surface area (Å²) in [5, 5.41) is 143. The second-order valence-corrected chi connectivity index (χ2v) is 33.4. The van der Waals surface area contributed by atoms with Crippen molar-refractivity contribution in [1.29, 1.82) is 0 Å². The Morgan fingerprint density at radius 3 is 0.859 bits per heavy atom. The highest BCUT2D eigenvalue weighted by atomic mass is 16.4. The van der Waals surface area contributed by atoms with Crippen LogP contribution in [0.25, 0.3) is 20.9 Å². The fourth-order valence-electron chi connectivity index (χ4n) is 15.3. The van der Waals surface area contributed by atoms with Crippen molar-refractivity contribution in [3.63, 3.8) is 0 Å². The number of likely N-dealkylation sites (tertiary alicyclic amines) is 2. The van der Waals surface area contributed by atoms with Gasteiger partial charge in [0.25, 0.3) is 17.7 Å². The van der Waals surface area contributed by atoms with Gasteiger partial charge in [-0.1, -0.05) is 22.4 Å². The molecule has 58 heteroatoms. The predicted octanol–water partition coefficient (Wildman–Crippen LogP) is 1.73. The number of nitrogens with one attached hydrogen (secondary N) is 11. The van der Waals surface area contributed by atoms with Gasteiger partial charge in [0.1, 0.15) is 48.3 Å². The van der Waals surface area contributed by atoms with E-state index in [1.165, 1.54) is 62.1 Å². The Balaban J connectivity index is 0.000000520. The summed E-state index contributed by atoms with van der Waals surface area (Å²) >= 11 is 0. The maximum atomic E-state index is 13.7. The molecule has 0 spiro atoms. The first-order valence-corrected chi connectivity index (χ1v) is 45.1. The van der Waals surface area contributed by atoms with E-state index in [1.54, 1.807) is 9.80 Å². The highest BCUT2D eigenvalue weighted by molar-refractivity contribution is 6.01. The highest BCUT2D eigenvalue weighted by Gasteiger charge is 2.37. The Bertz CT molecular complexity index is 4700. The van der Waals surface area contributed by atoms with Gasteiger partial charge < -0.3 is 149 Å². The minimum atomic E-state index is -1.57. The number of urea groups is 6. The largest absolute Gasteiger partial charge is 0.481 e. The van der Waals surface area contributed by atoms with Gasteiger partial charge in [-0.15, -0.1) is 0 Å². The van der Waals surface area contributed by atoms with Crippen molar-refractivity contribution in [3.05, 3.63) is 80.0 Å². The Hall–Kier alpha value is -16.3. The number of carbonyl (C=O) groups is 23. The first kappa shape index (κ1) is 116. The lowest BCUT2D eigenvalue weighted by Crippen LogP contribution is -2.53. The van der Waals surface area contributed by atoms with Crippen molar-refractivity contribution < 1.29 is 172 Å². The SMILES string of the molecule is [N-]=[N+]=Nc1cc(C(=O)N2CCC(CC(NC(=O)NC(CCC(=O)O)C(=O)O)C(=O)O)CC2)cc(C(=O)N2CCC(C[C@H](NC(=O)NC(CCC(=O)O)C(=O)O)C(=O)O)CC2)c1.[N-]=[N+]=Nc1ccc(C(=O)NC(CCC(=O)N2CCN(C(=O)NCCCC[C@H](NC(=O)N[C@@H](CCC(=O)O)C(=O)O)C(=O)O)CC2)CCC(=O)N2CCN(C(=O)NCCCC[C@H](NC(=O)N[C@@H](CCC(=O)O)C(=O)O)C(=O)O)CC2)cc1. The zero-order valence-electron chi connectivity index (χ0n) is 76.9. The quantitative estimate of drug-likeness (QED) is 0.0194. The minimum absolute atomic E-state index is 0.0194. The number of carbonyl (C=O) groups excluding carboxylic acids is 11. The maximum absolute atomic E-state index is 13.7. The van der Waals surface area contributed by atoms with E-state index in [1.807, 2.05) is 0 Å². The molecular formula is C84H117N23O35. The van der Waals surface area contributed by atoms with Gasteiger partial charge in [0.2, 0.25) is 11.8 Å². The number of hydrogen-bond acceptors (Lipinski definition) is 25. The van der Waals surface area contributed by atoms with Crippen molar-refractivity contribution in [1.82, 2.24) is 87.9 Å². The van der Waals surface area contributed by atoms with Gasteiger partial charge in [-0.3, -0.25) is 43.2 Å². The van der Waals surface area contributed by atoms with Crippen LogP contribution in [0, 0.1) is 11.8 Å². The van der Waals surface area contributed by atoms with Crippen molar-refractivity contribution in [2.24, 2.45) is 22.1 Å². The van der Waals surface area contributed by atoms with E-state index in [2.05, 4.69) is 78.5 Å². The van der Waals surface area contributed by atoms with Crippen LogP contribution in [0.4, 0.5) is 40.1 Å². The van der Waals surface area contributed by atoms with Gasteiger partial charge in [0.05, 0.1) is 0 Å². The number of carboxylic acid groups (broad SMARTS) is 12. The van der Waals surface area contributed by atoms with Crippen LogP contribution < -0.4 is 58.5 Å². The number of piperidine rings is 2. The summed E-state index contributed by atoms with van der Waals surface area (Å²) in [6.07, 6.45) is -1.52. The van der Waals surface area contributed by atoms with Crippen molar-refractivity contribution in [2.45, 2.75) is 208 Å². The monoisotopic (exact) mass is 2010 g/mol. The summed E-state index contributed by atoms with van der Waals surface area (Å²) in [6, 6.07) is -8.07. The third-order valence-corrected chi connectivity index (χ3v) is 23.2. The number of amides is 17. The molecule has 778 valence electrons. The van der Waals surface area contributed by atoms with Gasteiger partial charge in [-0.25, -0.2) is 67.1 Å². The van der Waals surface area contributed by atoms with E-state index in [4.69, 9.17) is 31.5 Å². The average molecular weight is 2010 g/mol. The molecular weight excluding hydrogens is 1890 g/mol. The lowest BCUT2D eigenvalue weighted by atomic mass is 9.89. The van der Waals surface area contributed by atoms with E-state index in [-0.39, 0.29) is 208 Å². The summed E-state index contributed by atoms with van der Waals surface area (Å²) in [4.78, 5) is 294. The molecule has 17 amide bonds. The fraction of sp³-hybridized carbons (Fsp3) is 0.583. The van der Waals surface area contributed by atoms with Crippen LogP contribution in [-0.4, -0.2) is 374 Å². The topological polar surface area (TPSA) is 885 Å². The number of nitrogens with zero attached hydrogens (tertiary/aromatic N) is 12. The predicted molar refractivity (Wildman–Crippen MR) is 483 cm³/mol. The van der Waals surface area contributed by atoms with E-state index in [9.17, 15) is 151 Å². The normalized spacial score (nSPS) is 15.3. The number of rotatable bonds is 54. The van der Waals surface area contributed by atoms with Gasteiger partial charge in [-0.05, 0) is 169 Å². The second kappa shape index (κ2) is 59.7. The first-order valence-electron chi connectivity index (χ1n) is 45.1. The maximum Gasteiger partial charge on any atom is 0.326 e. The molecule has 0 saturated carbocycles. The van der Waals surface area contributed by atoms with E-state index in [0.717, 1.165) is 0 Å². The number of unbranched alkanes of at least 4 members (excludes halogenated alkanes) is 2. The van der Waals surface area contributed by atoms with Crippen molar-refractivity contribution >= 4 is 149 Å². The Labute approximate surface area is 807 Å². The number of azide groups is 2. The van der Waals surface area contributed by atoms with Gasteiger partial charge in [0.15, 0.2) is 0 Å². The minimum Gasteiger partial charge on any atom is -0.481 e. The molecule has 4 saturated heterocycles. The van der Waals surface area contributed by atoms with Crippen LogP contribution in [0.1, 0.15) is 185 Å². The van der Waals surface area contributed by atoms with E-state index < -0.39 is 231 Å². The molecule has 58 nitrogen and oxygen atoms in total. The standard InChI is InChI=1S/C48H70N14O19.C36H47N9O16/c49-58-57-31-9-7-29(8-10-31)40(69)52-30(11-15-36(63)59-21-25-61(26-22-59)47(80)50-19-3-1-5-32(41(70)71)53-45(78)55-34(43(74)75)13-17-38(65)66)12-16-37(64)60-23-27-62(28-24-60)48(81)51-20-4-2-6-33(42(72)73)54-46(79)56-35(44(76)77)14-18-39(67)68;37-43-42-22-16-20(29(50)44-9-5-18(6-10-44)13-25(33(56)57)40-35(60)38-23(31(52)53)1-3-27(46)47)15-21(17-22)30(51)45-11-7-19(8-12-45)14-26(34(58)59)41-36(61)39-24(32(54)55)2-4-28(48)49/h7-10,30,32-35H,1-6,11-28H2,(H,50,80)(H,51,81)(H,52,69)(H,65,66)(H,67,68)(H,70,71)(H,72,73)(H,74,75)(H,76,77)(H2,53,55,78)(H2,54,56,79);15-19,23-26H,1-14H2,(H,46,47)(H,48,49)(H,52,53)(H,54,55)(H,56,57)(H,58,59)(H2,38,40,60)(H2,39,41,61)/t32-,33-,34-,35-;23?,24?,25-,26?/m00/s1. The van der Waals surface area contributed by atoms with Gasteiger partial charge >= 0.3 is 108 Å². The molecule has 0 aliphatic carbocycles. The molecule has 2 aromatic carbocycles. The summed E-state index contributed by atoms with van der Waals surface area (Å²) in [5.74, 6) is -19.3.